The second kappa shape index (κ2) is 6.29. The Morgan fingerprint density at radius 2 is 2.15 bits per heavy atom. The molecule has 0 saturated heterocycles. The topological polar surface area (TPSA) is 35.5 Å². The summed E-state index contributed by atoms with van der Waals surface area (Å²) in [5.41, 5.74) is 1.14. The van der Waals surface area contributed by atoms with Crippen LogP contribution >= 0.6 is 0 Å². The first-order valence-corrected chi connectivity index (χ1v) is 4.09. The fourth-order valence-electron chi connectivity index (χ4n) is 0.798. The number of ether oxygens (including phenoxy) is 2. The molecule has 0 aliphatic heterocycles. The van der Waals surface area contributed by atoms with Crippen LogP contribution in [0.15, 0.2) is 24.5 Å². The van der Waals surface area contributed by atoms with Crippen LogP contribution in [-0.2, 0) is 14.3 Å². The first-order valence-electron chi connectivity index (χ1n) is 4.09. The van der Waals surface area contributed by atoms with Gasteiger partial charge in [0.25, 0.3) is 0 Å². The quantitative estimate of drug-likeness (QED) is 0.372. The third-order valence-corrected chi connectivity index (χ3v) is 1.46. The van der Waals surface area contributed by atoms with Crippen LogP contribution < -0.4 is 0 Å². The van der Waals surface area contributed by atoms with Crippen LogP contribution in [0, 0.1) is 0 Å². The van der Waals surface area contributed by atoms with Crippen LogP contribution in [0.25, 0.3) is 0 Å². The molecular formula is C10H16O3. The lowest BCUT2D eigenvalue weighted by Crippen LogP contribution is -2.23. The zero-order valence-corrected chi connectivity index (χ0v) is 8.37. The second-order valence-corrected chi connectivity index (χ2v) is 2.83. The van der Waals surface area contributed by atoms with Gasteiger partial charge in [0.1, 0.15) is 0 Å². The van der Waals surface area contributed by atoms with Crippen molar-refractivity contribution < 1.29 is 14.3 Å². The van der Waals surface area contributed by atoms with E-state index < -0.39 is 6.10 Å². The third-order valence-electron chi connectivity index (χ3n) is 1.46. The highest BCUT2D eigenvalue weighted by Crippen LogP contribution is 2.05. The van der Waals surface area contributed by atoms with E-state index in [0.717, 1.165) is 5.57 Å². The van der Waals surface area contributed by atoms with Crippen molar-refractivity contribution in [2.75, 3.05) is 7.11 Å². The molecule has 3 nitrogen and oxygen atoms in total. The van der Waals surface area contributed by atoms with Gasteiger partial charge in [-0.05, 0) is 13.8 Å². The van der Waals surface area contributed by atoms with Gasteiger partial charge in [-0.3, -0.25) is 0 Å². The largest absolute Gasteiger partial charge is 0.487 e. The summed E-state index contributed by atoms with van der Waals surface area (Å²) in [6.07, 6.45) is 3.12. The van der Waals surface area contributed by atoms with Gasteiger partial charge < -0.3 is 9.47 Å². The van der Waals surface area contributed by atoms with Gasteiger partial charge >= 0.3 is 5.97 Å². The van der Waals surface area contributed by atoms with Crippen LogP contribution in [0.5, 0.6) is 0 Å². The Balaban J connectivity index is 4.17. The average Bonchev–Trinajstić information content (AvgIpc) is 2.10. The highest BCUT2D eigenvalue weighted by atomic mass is 16.6. The number of esters is 1. The lowest BCUT2D eigenvalue weighted by atomic mass is 10.2. The minimum Gasteiger partial charge on any atom is -0.487 e. The maximum atomic E-state index is 11.1. The molecule has 0 aliphatic rings. The summed E-state index contributed by atoms with van der Waals surface area (Å²) in [5, 5.41) is 0. The number of rotatable bonds is 5. The minimum absolute atomic E-state index is 0.377. The van der Waals surface area contributed by atoms with E-state index in [1.165, 1.54) is 13.4 Å². The summed E-state index contributed by atoms with van der Waals surface area (Å²) in [5.74, 6) is -0.377. The molecule has 0 amide bonds. The Labute approximate surface area is 79.0 Å². The van der Waals surface area contributed by atoms with Gasteiger partial charge in [-0.25, -0.2) is 4.79 Å². The van der Waals surface area contributed by atoms with E-state index in [-0.39, 0.29) is 5.97 Å². The number of methoxy groups -OCH3 is 1. The first-order chi connectivity index (χ1) is 6.11. The highest BCUT2D eigenvalue weighted by Gasteiger charge is 2.17. The monoisotopic (exact) mass is 184 g/mol. The summed E-state index contributed by atoms with van der Waals surface area (Å²) in [7, 11) is 1.34. The van der Waals surface area contributed by atoms with Gasteiger partial charge in [0, 0.05) is 6.42 Å². The zero-order chi connectivity index (χ0) is 10.3. The predicted octanol–water partition coefficient (Wildman–Crippen LogP) is 2.04. The van der Waals surface area contributed by atoms with Gasteiger partial charge in [0.15, 0.2) is 6.10 Å². The molecule has 0 spiro atoms. The maximum Gasteiger partial charge on any atom is 0.347 e. The molecule has 0 unspecified atom stereocenters. The molecule has 0 aromatic carbocycles. The van der Waals surface area contributed by atoms with Gasteiger partial charge in [0.2, 0.25) is 0 Å². The summed E-state index contributed by atoms with van der Waals surface area (Å²) < 4.78 is 9.55. The fraction of sp³-hybridized carbons (Fsp3) is 0.500. The number of carbonyl (C=O) groups is 1. The smallest absolute Gasteiger partial charge is 0.347 e. The van der Waals surface area contributed by atoms with Gasteiger partial charge in [0.05, 0.1) is 13.4 Å². The number of hydrogen-bond acceptors (Lipinski definition) is 3. The maximum absolute atomic E-state index is 11.1. The van der Waals surface area contributed by atoms with Crippen LogP contribution in [-0.4, -0.2) is 19.2 Å². The van der Waals surface area contributed by atoms with Crippen LogP contribution in [0.1, 0.15) is 20.3 Å². The van der Waals surface area contributed by atoms with Crippen molar-refractivity contribution >= 4 is 5.97 Å². The Morgan fingerprint density at radius 3 is 2.54 bits per heavy atom. The molecule has 13 heavy (non-hydrogen) atoms. The molecule has 0 fully saturated rings. The number of allylic oxidation sites excluding steroid dienone is 1. The van der Waals surface area contributed by atoms with Crippen molar-refractivity contribution in [3.05, 3.63) is 24.5 Å². The molecule has 3 heteroatoms. The summed E-state index contributed by atoms with van der Waals surface area (Å²) in [6.45, 7) is 7.31. The molecule has 0 aromatic rings. The molecule has 1 atom stereocenters. The van der Waals surface area contributed by atoms with Gasteiger partial charge in [-0.15, -0.1) is 0 Å². The lowest BCUT2D eigenvalue weighted by molar-refractivity contribution is -0.150. The van der Waals surface area contributed by atoms with E-state index >= 15 is 0 Å². The minimum atomic E-state index is -0.572. The fourth-order valence-corrected chi connectivity index (χ4v) is 0.798. The Hall–Kier alpha value is -1.25. The standard InChI is InChI=1S/C10H16O3/c1-5-13-9(10(11)12-4)7-6-8(2)3/h5-6,9H,1,7H2,2-4H3/t9-/m1/s1. The molecule has 0 aromatic heterocycles. The second-order valence-electron chi connectivity index (χ2n) is 2.83. The normalized spacial score (nSPS) is 11.3. The Bertz CT molecular complexity index is 202. The third kappa shape index (κ3) is 5.06. The molecular weight excluding hydrogens is 168 g/mol. The van der Waals surface area contributed by atoms with Crippen molar-refractivity contribution in [3.63, 3.8) is 0 Å². The summed E-state index contributed by atoms with van der Waals surface area (Å²) in [6, 6.07) is 0. The van der Waals surface area contributed by atoms with Crippen molar-refractivity contribution in [1.82, 2.24) is 0 Å². The Morgan fingerprint density at radius 1 is 1.54 bits per heavy atom. The van der Waals surface area contributed by atoms with Gasteiger partial charge in [-0.1, -0.05) is 18.2 Å². The summed E-state index contributed by atoms with van der Waals surface area (Å²) >= 11 is 0. The molecule has 0 N–H and O–H groups in total. The SMILES string of the molecule is C=CO[C@H](CC=C(C)C)C(=O)OC. The zero-order valence-electron chi connectivity index (χ0n) is 8.37. The predicted molar refractivity (Wildman–Crippen MR) is 51.1 cm³/mol. The molecule has 0 aliphatic carbocycles. The van der Waals surface area contributed by atoms with E-state index in [0.29, 0.717) is 6.42 Å². The molecule has 74 valence electrons. The lowest BCUT2D eigenvalue weighted by Gasteiger charge is -2.11. The van der Waals surface area contributed by atoms with E-state index in [9.17, 15) is 4.79 Å². The van der Waals surface area contributed by atoms with Crippen molar-refractivity contribution in [2.24, 2.45) is 0 Å². The molecule has 0 saturated carbocycles. The number of hydrogen-bond donors (Lipinski definition) is 0. The first kappa shape index (κ1) is 11.8. The number of carbonyl (C=O) groups excluding carboxylic acids is 1. The average molecular weight is 184 g/mol. The van der Waals surface area contributed by atoms with E-state index in [1.807, 2.05) is 19.9 Å². The molecule has 0 bridgehead atoms. The van der Waals surface area contributed by atoms with E-state index in [4.69, 9.17) is 4.74 Å². The molecule has 0 radical (unpaired) electrons. The van der Waals surface area contributed by atoms with Crippen molar-refractivity contribution in [2.45, 2.75) is 26.4 Å². The van der Waals surface area contributed by atoms with Crippen LogP contribution in [0.3, 0.4) is 0 Å². The van der Waals surface area contributed by atoms with E-state index in [1.54, 1.807) is 0 Å². The van der Waals surface area contributed by atoms with E-state index in [2.05, 4.69) is 11.3 Å². The summed E-state index contributed by atoms with van der Waals surface area (Å²) in [4.78, 5) is 11.1. The van der Waals surface area contributed by atoms with Gasteiger partial charge in [-0.2, -0.15) is 0 Å². The highest BCUT2D eigenvalue weighted by molar-refractivity contribution is 5.74. The molecule has 0 heterocycles. The molecule has 0 rings (SSSR count). The van der Waals surface area contributed by atoms with Crippen molar-refractivity contribution in [1.29, 1.82) is 0 Å². The van der Waals surface area contributed by atoms with Crippen molar-refractivity contribution in [3.8, 4) is 0 Å². The van der Waals surface area contributed by atoms with Crippen LogP contribution in [0.2, 0.25) is 0 Å². The Kier molecular flexibility index (Phi) is 5.68. The van der Waals surface area contributed by atoms with Crippen LogP contribution in [0.4, 0.5) is 0 Å².